The number of piperazine rings is 1. The molecule has 1 saturated heterocycles. The Morgan fingerprint density at radius 1 is 1.25 bits per heavy atom. The number of carbonyl (C=O) groups excluding carboxylic acids is 1. The first-order valence-electron chi connectivity index (χ1n) is 8.05. The molecule has 0 bridgehead atoms. The Hall–Kier alpha value is -2.54. The quantitative estimate of drug-likeness (QED) is 0.890. The third-order valence-electron chi connectivity index (χ3n) is 4.34. The standard InChI is InChI=1S/C17H22N4O3/c1-12-11-16(19-24-12)18-17(23)13(2)20-7-9-21(10-8-20)14-3-5-15(22)6-4-14/h3-6,11,13,22H,7-10H2,1-2H3,(H,18,19,23)/t13-/m0/s1. The molecule has 1 aliphatic heterocycles. The summed E-state index contributed by atoms with van der Waals surface area (Å²) in [5.41, 5.74) is 1.09. The van der Waals surface area contributed by atoms with Gasteiger partial charge in [0.25, 0.3) is 0 Å². The van der Waals surface area contributed by atoms with Crippen molar-refractivity contribution in [3.8, 4) is 5.75 Å². The fourth-order valence-electron chi connectivity index (χ4n) is 2.85. The van der Waals surface area contributed by atoms with Crippen LogP contribution in [0, 0.1) is 6.92 Å². The van der Waals surface area contributed by atoms with Gasteiger partial charge in [0.15, 0.2) is 5.82 Å². The summed E-state index contributed by atoms with van der Waals surface area (Å²) in [7, 11) is 0. The van der Waals surface area contributed by atoms with Crippen LogP contribution in [0.25, 0.3) is 0 Å². The summed E-state index contributed by atoms with van der Waals surface area (Å²) >= 11 is 0. The molecule has 0 saturated carbocycles. The van der Waals surface area contributed by atoms with E-state index in [0.717, 1.165) is 31.9 Å². The Bertz CT molecular complexity index is 690. The number of benzene rings is 1. The van der Waals surface area contributed by atoms with Crippen LogP contribution in [0.1, 0.15) is 12.7 Å². The van der Waals surface area contributed by atoms with Gasteiger partial charge in [0, 0.05) is 37.9 Å². The van der Waals surface area contributed by atoms with Gasteiger partial charge in [0.1, 0.15) is 11.5 Å². The minimum Gasteiger partial charge on any atom is -0.508 e. The Kier molecular flexibility index (Phi) is 4.71. The summed E-state index contributed by atoms with van der Waals surface area (Å²) in [5.74, 6) is 1.31. The number of anilines is 2. The van der Waals surface area contributed by atoms with E-state index in [1.54, 1.807) is 25.1 Å². The smallest absolute Gasteiger partial charge is 0.242 e. The van der Waals surface area contributed by atoms with Crippen molar-refractivity contribution in [3.05, 3.63) is 36.1 Å². The van der Waals surface area contributed by atoms with Gasteiger partial charge >= 0.3 is 0 Å². The van der Waals surface area contributed by atoms with E-state index >= 15 is 0 Å². The van der Waals surface area contributed by atoms with Crippen LogP contribution < -0.4 is 10.2 Å². The SMILES string of the molecule is Cc1cc(NC(=O)[C@H](C)N2CCN(c3ccc(O)cc3)CC2)no1. The summed E-state index contributed by atoms with van der Waals surface area (Å²) in [6, 6.07) is 8.68. The van der Waals surface area contributed by atoms with E-state index in [1.165, 1.54) is 0 Å². The number of nitrogens with zero attached hydrogens (tertiary/aromatic N) is 3. The fraction of sp³-hybridized carbons (Fsp3) is 0.412. The minimum absolute atomic E-state index is 0.0821. The van der Waals surface area contributed by atoms with Crippen molar-refractivity contribution in [1.29, 1.82) is 0 Å². The predicted molar refractivity (Wildman–Crippen MR) is 91.2 cm³/mol. The minimum atomic E-state index is -0.232. The van der Waals surface area contributed by atoms with Crippen molar-refractivity contribution in [2.75, 3.05) is 36.4 Å². The molecule has 2 aromatic rings. The van der Waals surface area contributed by atoms with Gasteiger partial charge < -0.3 is 19.8 Å². The molecular formula is C17H22N4O3. The van der Waals surface area contributed by atoms with Crippen molar-refractivity contribution in [2.24, 2.45) is 0 Å². The Morgan fingerprint density at radius 2 is 1.92 bits per heavy atom. The molecule has 0 spiro atoms. The van der Waals surface area contributed by atoms with Crippen molar-refractivity contribution in [2.45, 2.75) is 19.9 Å². The van der Waals surface area contributed by atoms with Gasteiger partial charge in [0.2, 0.25) is 5.91 Å². The molecule has 1 fully saturated rings. The number of nitrogens with one attached hydrogen (secondary N) is 1. The van der Waals surface area contributed by atoms with Crippen molar-refractivity contribution in [3.63, 3.8) is 0 Å². The van der Waals surface area contributed by atoms with E-state index < -0.39 is 0 Å². The van der Waals surface area contributed by atoms with E-state index in [2.05, 4.69) is 20.3 Å². The number of hydrogen-bond donors (Lipinski definition) is 2. The Balaban J connectivity index is 1.53. The van der Waals surface area contributed by atoms with E-state index in [9.17, 15) is 9.90 Å². The van der Waals surface area contributed by atoms with Crippen LogP contribution in [0.5, 0.6) is 5.75 Å². The molecule has 3 rings (SSSR count). The first-order valence-corrected chi connectivity index (χ1v) is 8.05. The van der Waals surface area contributed by atoms with Crippen LogP contribution in [0.4, 0.5) is 11.5 Å². The summed E-state index contributed by atoms with van der Waals surface area (Å²) in [5, 5.41) is 15.9. The number of phenolic OH excluding ortho intramolecular Hbond substituents is 1. The second kappa shape index (κ2) is 6.92. The number of amides is 1. The third-order valence-corrected chi connectivity index (χ3v) is 4.34. The van der Waals surface area contributed by atoms with Crippen LogP contribution in [-0.4, -0.2) is 53.3 Å². The van der Waals surface area contributed by atoms with Crippen LogP contribution in [0.3, 0.4) is 0 Å². The molecule has 128 valence electrons. The fourth-order valence-corrected chi connectivity index (χ4v) is 2.85. The number of aryl methyl sites for hydroxylation is 1. The summed E-state index contributed by atoms with van der Waals surface area (Å²) in [6.07, 6.45) is 0. The molecule has 2 N–H and O–H groups in total. The lowest BCUT2D eigenvalue weighted by Gasteiger charge is -2.38. The van der Waals surface area contributed by atoms with Gasteiger partial charge in [-0.1, -0.05) is 5.16 Å². The van der Waals surface area contributed by atoms with Gasteiger partial charge in [0.05, 0.1) is 6.04 Å². The molecule has 2 heterocycles. The zero-order valence-corrected chi connectivity index (χ0v) is 13.9. The second-order valence-electron chi connectivity index (χ2n) is 6.03. The van der Waals surface area contributed by atoms with Gasteiger partial charge in [-0.15, -0.1) is 0 Å². The number of hydrogen-bond acceptors (Lipinski definition) is 6. The number of aromatic hydroxyl groups is 1. The van der Waals surface area contributed by atoms with Crippen molar-refractivity contribution >= 4 is 17.4 Å². The molecule has 24 heavy (non-hydrogen) atoms. The normalized spacial score (nSPS) is 16.8. The highest BCUT2D eigenvalue weighted by Crippen LogP contribution is 2.20. The highest BCUT2D eigenvalue weighted by Gasteiger charge is 2.26. The Labute approximate surface area is 140 Å². The first-order chi connectivity index (χ1) is 11.5. The second-order valence-corrected chi connectivity index (χ2v) is 6.03. The monoisotopic (exact) mass is 330 g/mol. The molecule has 1 aliphatic rings. The lowest BCUT2D eigenvalue weighted by atomic mass is 10.2. The first kappa shape index (κ1) is 16.3. The lowest BCUT2D eigenvalue weighted by Crippen LogP contribution is -2.52. The summed E-state index contributed by atoms with van der Waals surface area (Å²) < 4.78 is 4.96. The topological polar surface area (TPSA) is 81.8 Å². The largest absolute Gasteiger partial charge is 0.508 e. The maximum Gasteiger partial charge on any atom is 0.242 e. The molecule has 1 atom stereocenters. The third kappa shape index (κ3) is 3.68. The molecule has 7 nitrogen and oxygen atoms in total. The number of carbonyl (C=O) groups is 1. The predicted octanol–water partition coefficient (Wildman–Crippen LogP) is 1.84. The molecule has 0 unspecified atom stereocenters. The zero-order chi connectivity index (χ0) is 17.1. The van der Waals surface area contributed by atoms with E-state index in [1.807, 2.05) is 19.1 Å². The van der Waals surface area contributed by atoms with Crippen molar-refractivity contribution < 1.29 is 14.4 Å². The van der Waals surface area contributed by atoms with Gasteiger partial charge in [-0.2, -0.15) is 0 Å². The van der Waals surface area contributed by atoms with Crippen LogP contribution >= 0.6 is 0 Å². The molecular weight excluding hydrogens is 308 g/mol. The molecule has 1 aromatic carbocycles. The van der Waals surface area contributed by atoms with Crippen LogP contribution in [-0.2, 0) is 4.79 Å². The Morgan fingerprint density at radius 3 is 2.50 bits per heavy atom. The highest BCUT2D eigenvalue weighted by molar-refractivity contribution is 5.93. The van der Waals surface area contributed by atoms with E-state index in [0.29, 0.717) is 11.6 Å². The summed E-state index contributed by atoms with van der Waals surface area (Å²) in [6.45, 7) is 6.96. The maximum absolute atomic E-state index is 12.3. The van der Waals surface area contributed by atoms with Gasteiger partial charge in [-0.3, -0.25) is 9.69 Å². The van der Waals surface area contributed by atoms with Crippen LogP contribution in [0.2, 0.25) is 0 Å². The molecule has 7 heteroatoms. The number of phenols is 1. The van der Waals surface area contributed by atoms with Gasteiger partial charge in [-0.05, 0) is 38.1 Å². The van der Waals surface area contributed by atoms with E-state index in [4.69, 9.17) is 4.52 Å². The zero-order valence-electron chi connectivity index (χ0n) is 13.9. The summed E-state index contributed by atoms with van der Waals surface area (Å²) in [4.78, 5) is 16.7. The van der Waals surface area contributed by atoms with Crippen LogP contribution in [0.15, 0.2) is 34.9 Å². The van der Waals surface area contributed by atoms with Crippen molar-refractivity contribution in [1.82, 2.24) is 10.1 Å². The average Bonchev–Trinajstić information content (AvgIpc) is 3.00. The van der Waals surface area contributed by atoms with E-state index in [-0.39, 0.29) is 17.7 Å². The lowest BCUT2D eigenvalue weighted by molar-refractivity contribution is -0.120. The average molecular weight is 330 g/mol. The van der Waals surface area contributed by atoms with Gasteiger partial charge in [-0.25, -0.2) is 0 Å². The molecule has 0 radical (unpaired) electrons. The maximum atomic E-state index is 12.3. The molecule has 1 aromatic heterocycles. The molecule has 1 amide bonds. The highest BCUT2D eigenvalue weighted by atomic mass is 16.5. The molecule has 0 aliphatic carbocycles. The number of aromatic nitrogens is 1. The number of rotatable bonds is 4.